The van der Waals surface area contributed by atoms with Gasteiger partial charge in [-0.15, -0.1) is 0 Å². The van der Waals surface area contributed by atoms with Gasteiger partial charge in [-0.1, -0.05) is 42.5 Å². The molecule has 3 rings (SSSR count). The smallest absolute Gasteiger partial charge is 0.253 e. The van der Waals surface area contributed by atoms with Crippen molar-refractivity contribution in [2.75, 3.05) is 14.1 Å². The van der Waals surface area contributed by atoms with Crippen molar-refractivity contribution in [3.8, 4) is 0 Å². The molecule has 0 unspecified atom stereocenters. The zero-order valence-corrected chi connectivity index (χ0v) is 17.6. The maximum absolute atomic E-state index is 13.0. The van der Waals surface area contributed by atoms with Gasteiger partial charge in [-0.05, 0) is 47.5 Å². The van der Waals surface area contributed by atoms with Crippen LogP contribution in [0, 0.1) is 5.82 Å². The largest absolute Gasteiger partial charge is 0.337 e. The van der Waals surface area contributed by atoms with Crippen molar-refractivity contribution in [1.29, 1.82) is 0 Å². The Morgan fingerprint density at radius 3 is 1.93 bits per heavy atom. The lowest BCUT2D eigenvalue weighted by Gasteiger charge is -2.19. The molecular weight excluding hydrogens is 403 g/mol. The molecule has 0 spiro atoms. The van der Waals surface area contributed by atoms with Gasteiger partial charge in [0.2, 0.25) is 10.0 Å². The Labute approximate surface area is 176 Å². The molecule has 0 saturated heterocycles. The summed E-state index contributed by atoms with van der Waals surface area (Å²) in [5.41, 5.74) is 2.10. The molecule has 0 radical (unpaired) electrons. The molecule has 7 heteroatoms. The summed E-state index contributed by atoms with van der Waals surface area (Å²) in [6.45, 7) is 0.552. The highest BCUT2D eigenvalue weighted by atomic mass is 32.2. The summed E-state index contributed by atoms with van der Waals surface area (Å²) in [7, 11) is -0.377. The first kappa shape index (κ1) is 21.7. The molecule has 0 atom stereocenters. The molecule has 30 heavy (non-hydrogen) atoms. The molecule has 0 N–H and O–H groups in total. The maximum Gasteiger partial charge on any atom is 0.253 e. The van der Waals surface area contributed by atoms with E-state index in [0.29, 0.717) is 12.1 Å². The van der Waals surface area contributed by atoms with Gasteiger partial charge in [0.1, 0.15) is 5.82 Å². The Bertz CT molecular complexity index is 1100. The van der Waals surface area contributed by atoms with Crippen LogP contribution in [0.25, 0.3) is 0 Å². The van der Waals surface area contributed by atoms with Crippen LogP contribution in [-0.2, 0) is 23.1 Å². The Morgan fingerprint density at radius 1 is 0.800 bits per heavy atom. The second-order valence-corrected chi connectivity index (χ2v) is 9.10. The number of amides is 1. The van der Waals surface area contributed by atoms with Crippen molar-refractivity contribution in [3.05, 3.63) is 101 Å². The highest BCUT2D eigenvalue weighted by Gasteiger charge is 2.20. The van der Waals surface area contributed by atoms with E-state index >= 15 is 0 Å². The minimum atomic E-state index is -3.58. The standard InChI is InChI=1S/C23H23FN2O3S/c1-25(16-18-10-14-21(24)15-11-18)23(27)20-12-8-19(9-13-20)17-26(2)30(28,29)22-6-4-3-5-7-22/h3-15H,16-17H2,1-2H3. The molecule has 0 saturated carbocycles. The van der Waals surface area contributed by atoms with Gasteiger partial charge in [0.15, 0.2) is 0 Å². The van der Waals surface area contributed by atoms with E-state index in [9.17, 15) is 17.6 Å². The number of hydrogen-bond donors (Lipinski definition) is 0. The van der Waals surface area contributed by atoms with Crippen molar-refractivity contribution in [2.45, 2.75) is 18.0 Å². The molecule has 0 aromatic heterocycles. The van der Waals surface area contributed by atoms with Crippen molar-refractivity contribution >= 4 is 15.9 Å². The first-order valence-electron chi connectivity index (χ1n) is 9.37. The van der Waals surface area contributed by atoms with E-state index in [0.717, 1.165) is 11.1 Å². The second kappa shape index (κ2) is 9.19. The molecule has 3 aromatic carbocycles. The summed E-state index contributed by atoms with van der Waals surface area (Å²) in [4.78, 5) is 14.4. The number of halogens is 1. The van der Waals surface area contributed by atoms with Crippen molar-refractivity contribution in [1.82, 2.24) is 9.21 Å². The number of nitrogens with zero attached hydrogens (tertiary/aromatic N) is 2. The van der Waals surface area contributed by atoms with Crippen LogP contribution < -0.4 is 0 Å². The summed E-state index contributed by atoms with van der Waals surface area (Å²) in [6.07, 6.45) is 0. The summed E-state index contributed by atoms with van der Waals surface area (Å²) in [6, 6.07) is 21.1. The number of rotatable bonds is 7. The average Bonchev–Trinajstić information content (AvgIpc) is 2.76. The zero-order valence-electron chi connectivity index (χ0n) is 16.8. The van der Waals surface area contributed by atoms with Crippen LogP contribution in [0.15, 0.2) is 83.8 Å². The van der Waals surface area contributed by atoms with E-state index in [1.165, 1.54) is 23.5 Å². The molecule has 5 nitrogen and oxygen atoms in total. The van der Waals surface area contributed by atoms with Crippen molar-refractivity contribution in [3.63, 3.8) is 0 Å². The molecule has 0 aliphatic carbocycles. The molecule has 0 aliphatic heterocycles. The third-order valence-electron chi connectivity index (χ3n) is 4.74. The molecule has 0 heterocycles. The van der Waals surface area contributed by atoms with E-state index < -0.39 is 10.0 Å². The third-order valence-corrected chi connectivity index (χ3v) is 6.55. The van der Waals surface area contributed by atoms with Gasteiger partial charge < -0.3 is 4.90 Å². The van der Waals surface area contributed by atoms with Crippen LogP contribution in [-0.4, -0.2) is 37.6 Å². The molecule has 0 aliphatic rings. The van der Waals surface area contributed by atoms with Gasteiger partial charge in [-0.25, -0.2) is 12.8 Å². The van der Waals surface area contributed by atoms with Gasteiger partial charge >= 0.3 is 0 Å². The fourth-order valence-electron chi connectivity index (χ4n) is 3.02. The lowest BCUT2D eigenvalue weighted by molar-refractivity contribution is 0.0785. The Kier molecular flexibility index (Phi) is 6.64. The predicted octanol–water partition coefficient (Wildman–Crippen LogP) is 3.92. The second-order valence-electron chi connectivity index (χ2n) is 7.06. The highest BCUT2D eigenvalue weighted by Crippen LogP contribution is 2.17. The van der Waals surface area contributed by atoms with Crippen LogP contribution in [0.1, 0.15) is 21.5 Å². The van der Waals surface area contributed by atoms with Crippen molar-refractivity contribution in [2.24, 2.45) is 0 Å². The fraction of sp³-hybridized carbons (Fsp3) is 0.174. The van der Waals surface area contributed by atoms with E-state index in [1.807, 2.05) is 0 Å². The van der Waals surface area contributed by atoms with E-state index in [4.69, 9.17) is 0 Å². The molecule has 3 aromatic rings. The van der Waals surface area contributed by atoms with Crippen LogP contribution in [0.4, 0.5) is 4.39 Å². The minimum Gasteiger partial charge on any atom is -0.337 e. The predicted molar refractivity (Wildman–Crippen MR) is 114 cm³/mol. The third kappa shape index (κ3) is 5.11. The monoisotopic (exact) mass is 426 g/mol. The SMILES string of the molecule is CN(Cc1ccc(F)cc1)C(=O)c1ccc(CN(C)S(=O)(=O)c2ccccc2)cc1. The van der Waals surface area contributed by atoms with Gasteiger partial charge in [-0.3, -0.25) is 4.79 Å². The number of carbonyl (C=O) groups is 1. The Hall–Kier alpha value is -3.03. The fourth-order valence-corrected chi connectivity index (χ4v) is 4.20. The Morgan fingerprint density at radius 2 is 1.33 bits per heavy atom. The van der Waals surface area contributed by atoms with E-state index in [2.05, 4.69) is 0 Å². The lowest BCUT2D eigenvalue weighted by atomic mass is 10.1. The first-order valence-corrected chi connectivity index (χ1v) is 10.8. The first-order chi connectivity index (χ1) is 14.3. The average molecular weight is 427 g/mol. The highest BCUT2D eigenvalue weighted by molar-refractivity contribution is 7.89. The molecule has 0 fully saturated rings. The number of hydrogen-bond acceptors (Lipinski definition) is 3. The summed E-state index contributed by atoms with van der Waals surface area (Å²) in [5, 5.41) is 0. The molecule has 1 amide bonds. The van der Waals surface area contributed by atoms with Crippen LogP contribution in [0.5, 0.6) is 0 Å². The van der Waals surface area contributed by atoms with E-state index in [-0.39, 0.29) is 23.2 Å². The van der Waals surface area contributed by atoms with Gasteiger partial charge in [0, 0.05) is 32.7 Å². The quantitative estimate of drug-likeness (QED) is 0.575. The summed E-state index contributed by atoms with van der Waals surface area (Å²) >= 11 is 0. The number of sulfonamides is 1. The van der Waals surface area contributed by atoms with Gasteiger partial charge in [-0.2, -0.15) is 4.31 Å². The molecular formula is C23H23FN2O3S. The van der Waals surface area contributed by atoms with Crippen molar-refractivity contribution < 1.29 is 17.6 Å². The number of carbonyl (C=O) groups excluding carboxylic acids is 1. The summed E-state index contributed by atoms with van der Waals surface area (Å²) in [5.74, 6) is -0.487. The summed E-state index contributed by atoms with van der Waals surface area (Å²) < 4.78 is 39.6. The Balaban J connectivity index is 1.65. The molecule has 0 bridgehead atoms. The van der Waals surface area contributed by atoms with Gasteiger partial charge in [0.05, 0.1) is 4.90 Å². The van der Waals surface area contributed by atoms with Gasteiger partial charge in [0.25, 0.3) is 5.91 Å². The topological polar surface area (TPSA) is 57.7 Å². The number of benzene rings is 3. The normalized spacial score (nSPS) is 11.5. The molecule has 156 valence electrons. The van der Waals surface area contributed by atoms with Crippen LogP contribution in [0.3, 0.4) is 0 Å². The van der Waals surface area contributed by atoms with E-state index in [1.54, 1.807) is 78.7 Å². The maximum atomic E-state index is 13.0. The zero-order chi connectivity index (χ0) is 21.7. The minimum absolute atomic E-state index is 0.170. The lowest BCUT2D eigenvalue weighted by Crippen LogP contribution is -2.27. The van der Waals surface area contributed by atoms with Crippen LogP contribution >= 0.6 is 0 Å². The van der Waals surface area contributed by atoms with Crippen LogP contribution in [0.2, 0.25) is 0 Å².